The van der Waals surface area contributed by atoms with E-state index in [1.807, 2.05) is 17.5 Å². The van der Waals surface area contributed by atoms with Crippen LogP contribution in [0.15, 0.2) is 41.8 Å². The molecule has 1 saturated heterocycles. The van der Waals surface area contributed by atoms with Gasteiger partial charge in [0, 0.05) is 36.2 Å². The molecule has 1 aliphatic rings. The van der Waals surface area contributed by atoms with Crippen LogP contribution >= 0.6 is 11.3 Å². The summed E-state index contributed by atoms with van der Waals surface area (Å²) in [5.74, 6) is -0.230. The lowest BCUT2D eigenvalue weighted by Gasteiger charge is -2.28. The molecule has 2 N–H and O–H groups in total. The van der Waals surface area contributed by atoms with Gasteiger partial charge in [-0.3, -0.25) is 9.59 Å². The molecule has 2 aromatic rings. The van der Waals surface area contributed by atoms with Gasteiger partial charge in [0.15, 0.2) is 0 Å². The van der Waals surface area contributed by atoms with E-state index in [0.29, 0.717) is 25.7 Å². The Morgan fingerprint density at radius 3 is 2.66 bits per heavy atom. The van der Waals surface area contributed by atoms with Gasteiger partial charge in [-0.05, 0) is 42.3 Å². The molecule has 2 heterocycles. The molecule has 0 aliphatic carbocycles. The van der Waals surface area contributed by atoms with Gasteiger partial charge in [-0.15, -0.1) is 11.3 Å². The Balaban J connectivity index is 1.51. The fourth-order valence-electron chi connectivity index (χ4n) is 3.72. The zero-order valence-corrected chi connectivity index (χ0v) is 16.7. The van der Waals surface area contributed by atoms with E-state index >= 15 is 0 Å². The first-order chi connectivity index (χ1) is 13.8. The van der Waals surface area contributed by atoms with Crippen molar-refractivity contribution in [3.8, 4) is 0 Å². The summed E-state index contributed by atoms with van der Waals surface area (Å²) in [7, 11) is 0. The van der Waals surface area contributed by atoms with Crippen molar-refractivity contribution in [3.63, 3.8) is 0 Å². The van der Waals surface area contributed by atoms with Gasteiger partial charge in [-0.25, -0.2) is 0 Å². The number of carbonyl (C=O) groups is 2. The van der Waals surface area contributed by atoms with E-state index in [1.54, 1.807) is 17.4 Å². The molecule has 1 aromatic heterocycles. The van der Waals surface area contributed by atoms with Crippen molar-refractivity contribution in [2.24, 2.45) is 0 Å². The van der Waals surface area contributed by atoms with Gasteiger partial charge in [-0.1, -0.05) is 24.3 Å². The number of benzene rings is 1. The predicted octanol–water partition coefficient (Wildman–Crippen LogP) is 4.10. The zero-order chi connectivity index (χ0) is 20.9. The van der Waals surface area contributed by atoms with Gasteiger partial charge >= 0.3 is 6.18 Å². The van der Waals surface area contributed by atoms with E-state index in [0.717, 1.165) is 10.9 Å². The third kappa shape index (κ3) is 5.82. The van der Waals surface area contributed by atoms with Crippen LogP contribution in [-0.4, -0.2) is 23.9 Å². The highest BCUT2D eigenvalue weighted by molar-refractivity contribution is 7.09. The first-order valence-electron chi connectivity index (χ1n) is 9.53. The summed E-state index contributed by atoms with van der Waals surface area (Å²) in [5, 5.41) is 7.71. The zero-order valence-electron chi connectivity index (χ0n) is 15.8. The summed E-state index contributed by atoms with van der Waals surface area (Å²) in [4.78, 5) is 25.2. The van der Waals surface area contributed by atoms with Crippen LogP contribution < -0.4 is 10.6 Å². The molecule has 0 unspecified atom stereocenters. The molecule has 0 saturated carbocycles. The fourth-order valence-corrected chi connectivity index (χ4v) is 4.57. The molecular weight excluding hydrogens is 401 g/mol. The molecule has 0 radical (unpaired) electrons. The molecule has 1 fully saturated rings. The van der Waals surface area contributed by atoms with Crippen molar-refractivity contribution in [1.29, 1.82) is 0 Å². The van der Waals surface area contributed by atoms with Gasteiger partial charge < -0.3 is 10.6 Å². The molecule has 1 aromatic carbocycles. The Bertz CT molecular complexity index is 852. The quantitative estimate of drug-likeness (QED) is 0.671. The maximum atomic E-state index is 13.0. The van der Waals surface area contributed by atoms with Crippen molar-refractivity contribution in [1.82, 2.24) is 10.6 Å². The Kier molecular flexibility index (Phi) is 6.62. The third-order valence-corrected chi connectivity index (χ3v) is 6.07. The lowest BCUT2D eigenvalue weighted by Crippen LogP contribution is -2.44. The molecule has 2 amide bonds. The Morgan fingerprint density at radius 1 is 1.21 bits per heavy atom. The van der Waals surface area contributed by atoms with E-state index in [-0.39, 0.29) is 36.8 Å². The SMILES string of the molecule is O=C(CC[C@]1(Cc2cccs2)CCC(=O)N1)NCCc1ccccc1C(F)(F)F. The van der Waals surface area contributed by atoms with E-state index in [9.17, 15) is 22.8 Å². The molecule has 8 heteroatoms. The van der Waals surface area contributed by atoms with E-state index in [1.165, 1.54) is 12.1 Å². The monoisotopic (exact) mass is 424 g/mol. The van der Waals surface area contributed by atoms with Gasteiger partial charge in [0.2, 0.25) is 11.8 Å². The highest BCUT2D eigenvalue weighted by atomic mass is 32.1. The lowest BCUT2D eigenvalue weighted by atomic mass is 9.87. The van der Waals surface area contributed by atoms with E-state index < -0.39 is 17.3 Å². The Hall–Kier alpha value is -2.35. The molecule has 1 atom stereocenters. The van der Waals surface area contributed by atoms with Crippen molar-refractivity contribution in [2.45, 2.75) is 50.2 Å². The molecule has 1 aliphatic heterocycles. The van der Waals surface area contributed by atoms with Crippen LogP contribution in [-0.2, 0) is 28.6 Å². The number of rotatable bonds is 8. The number of amides is 2. The third-order valence-electron chi connectivity index (χ3n) is 5.20. The minimum absolute atomic E-state index is 0.00859. The molecule has 29 heavy (non-hydrogen) atoms. The summed E-state index contributed by atoms with van der Waals surface area (Å²) in [6, 6.07) is 9.36. The highest BCUT2D eigenvalue weighted by Gasteiger charge is 2.38. The molecule has 4 nitrogen and oxygen atoms in total. The largest absolute Gasteiger partial charge is 0.416 e. The van der Waals surface area contributed by atoms with Crippen LogP contribution in [0.1, 0.15) is 41.7 Å². The van der Waals surface area contributed by atoms with Crippen LogP contribution in [0.5, 0.6) is 0 Å². The van der Waals surface area contributed by atoms with Crippen LogP contribution in [0.3, 0.4) is 0 Å². The van der Waals surface area contributed by atoms with Crippen LogP contribution in [0.4, 0.5) is 13.2 Å². The average molecular weight is 424 g/mol. The summed E-state index contributed by atoms with van der Waals surface area (Å²) >= 11 is 1.61. The predicted molar refractivity (Wildman–Crippen MR) is 106 cm³/mol. The minimum Gasteiger partial charge on any atom is -0.356 e. The average Bonchev–Trinajstić information content (AvgIpc) is 3.30. The van der Waals surface area contributed by atoms with Crippen molar-refractivity contribution >= 4 is 23.2 Å². The number of hydrogen-bond acceptors (Lipinski definition) is 3. The van der Waals surface area contributed by atoms with Crippen molar-refractivity contribution in [3.05, 3.63) is 57.8 Å². The number of hydrogen-bond donors (Lipinski definition) is 2. The number of alkyl halides is 3. The first kappa shape index (κ1) is 21.4. The Labute approximate surface area is 171 Å². The molecule has 0 bridgehead atoms. The van der Waals surface area contributed by atoms with Crippen LogP contribution in [0.25, 0.3) is 0 Å². The first-order valence-corrected chi connectivity index (χ1v) is 10.4. The molecule has 3 rings (SSSR count). The number of thiophene rings is 1. The van der Waals surface area contributed by atoms with Crippen LogP contribution in [0.2, 0.25) is 0 Å². The maximum Gasteiger partial charge on any atom is 0.416 e. The molecule has 156 valence electrons. The Morgan fingerprint density at radius 2 is 2.00 bits per heavy atom. The minimum atomic E-state index is -4.41. The number of carbonyl (C=O) groups excluding carboxylic acids is 2. The molecular formula is C21H23F3N2O2S. The summed E-state index contributed by atoms with van der Waals surface area (Å²) in [6.07, 6.45) is -1.78. The summed E-state index contributed by atoms with van der Waals surface area (Å²) in [5.41, 5.74) is -0.933. The van der Waals surface area contributed by atoms with Gasteiger partial charge in [0.05, 0.1) is 5.56 Å². The standard InChI is InChI=1S/C21H23F3N2O2S/c22-21(23,24)17-6-2-1-4-15(17)9-12-25-18(27)7-10-20(11-8-19(28)26-20)14-16-5-3-13-29-16/h1-6,13H,7-12,14H2,(H,25,27)(H,26,28)/t20-/m1/s1. The van der Waals surface area contributed by atoms with E-state index in [4.69, 9.17) is 0 Å². The van der Waals surface area contributed by atoms with Crippen molar-refractivity contribution < 1.29 is 22.8 Å². The second-order valence-electron chi connectivity index (χ2n) is 7.34. The van der Waals surface area contributed by atoms with Gasteiger partial charge in [-0.2, -0.15) is 13.2 Å². The second-order valence-corrected chi connectivity index (χ2v) is 8.37. The maximum absolute atomic E-state index is 13.0. The van der Waals surface area contributed by atoms with Gasteiger partial charge in [0.25, 0.3) is 0 Å². The van der Waals surface area contributed by atoms with E-state index in [2.05, 4.69) is 10.6 Å². The highest BCUT2D eigenvalue weighted by Crippen LogP contribution is 2.32. The lowest BCUT2D eigenvalue weighted by molar-refractivity contribution is -0.138. The summed E-state index contributed by atoms with van der Waals surface area (Å²) < 4.78 is 39.1. The number of nitrogens with one attached hydrogen (secondary N) is 2. The topological polar surface area (TPSA) is 58.2 Å². The molecule has 0 spiro atoms. The van der Waals surface area contributed by atoms with Crippen LogP contribution in [0, 0.1) is 0 Å². The smallest absolute Gasteiger partial charge is 0.356 e. The fraction of sp³-hybridized carbons (Fsp3) is 0.429. The summed E-state index contributed by atoms with van der Waals surface area (Å²) in [6.45, 7) is 0.135. The second kappa shape index (κ2) is 8.98. The van der Waals surface area contributed by atoms with Gasteiger partial charge in [0.1, 0.15) is 0 Å². The van der Waals surface area contributed by atoms with Crippen molar-refractivity contribution in [2.75, 3.05) is 6.54 Å². The normalized spacial score (nSPS) is 19.2. The number of halogens is 3.